The molecule has 0 atom stereocenters. The number of hydrogen-bond donors (Lipinski definition) is 1. The third kappa shape index (κ3) is 1.96. The molecule has 3 rings (SSSR count). The fourth-order valence-corrected chi connectivity index (χ4v) is 2.30. The Morgan fingerprint density at radius 1 is 1.41 bits per heavy atom. The first kappa shape index (κ1) is 10.8. The fraction of sp³-hybridized carbons (Fsp3) is 0.308. The van der Waals surface area contributed by atoms with E-state index < -0.39 is 0 Å². The number of halogens is 1. The van der Waals surface area contributed by atoms with Crippen LogP contribution in [0.25, 0.3) is 5.69 Å². The lowest BCUT2D eigenvalue weighted by atomic mass is 10.2. The zero-order chi connectivity index (χ0) is 11.8. The van der Waals surface area contributed by atoms with Gasteiger partial charge in [-0.2, -0.15) is 5.10 Å². The molecule has 0 aliphatic heterocycles. The van der Waals surface area contributed by atoms with Gasteiger partial charge in [-0.05, 0) is 31.0 Å². The van der Waals surface area contributed by atoms with Crippen LogP contribution in [0.5, 0.6) is 0 Å². The van der Waals surface area contributed by atoms with E-state index >= 15 is 0 Å². The topological polar surface area (TPSA) is 38.1 Å². The lowest BCUT2D eigenvalue weighted by Crippen LogP contribution is -2.02. The van der Waals surface area contributed by atoms with Gasteiger partial charge in [-0.15, -0.1) is 0 Å². The summed E-state index contributed by atoms with van der Waals surface area (Å²) >= 11 is 5.99. The van der Waals surface area contributed by atoms with Gasteiger partial charge in [0, 0.05) is 16.5 Å². The Morgan fingerprint density at radius 3 is 2.88 bits per heavy atom. The van der Waals surface area contributed by atoms with E-state index in [1.54, 1.807) is 6.20 Å². The maximum absolute atomic E-state index is 9.33. The first-order valence-corrected chi connectivity index (χ1v) is 6.11. The monoisotopic (exact) mass is 248 g/mol. The molecule has 1 N–H and O–H groups in total. The molecule has 0 spiro atoms. The highest BCUT2D eigenvalue weighted by atomic mass is 35.5. The minimum atomic E-state index is 0.0480. The Balaban J connectivity index is 2.11. The van der Waals surface area contributed by atoms with E-state index in [9.17, 15) is 5.11 Å². The summed E-state index contributed by atoms with van der Waals surface area (Å²) in [4.78, 5) is 0. The van der Waals surface area contributed by atoms with Crippen molar-refractivity contribution in [3.8, 4) is 5.69 Å². The molecule has 3 nitrogen and oxygen atoms in total. The first-order valence-electron chi connectivity index (χ1n) is 5.73. The van der Waals surface area contributed by atoms with Gasteiger partial charge in [0.15, 0.2) is 0 Å². The van der Waals surface area contributed by atoms with Crippen LogP contribution in [0.1, 0.15) is 30.0 Å². The van der Waals surface area contributed by atoms with Crippen molar-refractivity contribution in [2.75, 3.05) is 0 Å². The Bertz CT molecular complexity index is 546. The highest BCUT2D eigenvalue weighted by Crippen LogP contribution is 2.42. The third-order valence-corrected chi connectivity index (χ3v) is 3.31. The number of hydrogen-bond acceptors (Lipinski definition) is 2. The number of aliphatic hydroxyl groups is 1. The Kier molecular flexibility index (Phi) is 2.65. The summed E-state index contributed by atoms with van der Waals surface area (Å²) < 4.78 is 1.90. The molecule has 17 heavy (non-hydrogen) atoms. The molecule has 1 aliphatic carbocycles. The minimum Gasteiger partial charge on any atom is -0.392 e. The van der Waals surface area contributed by atoms with Gasteiger partial charge in [-0.25, -0.2) is 4.68 Å². The molecule has 0 saturated heterocycles. The van der Waals surface area contributed by atoms with Crippen molar-refractivity contribution in [1.82, 2.24) is 9.78 Å². The Labute approximate surface area is 105 Å². The normalized spacial score (nSPS) is 15.2. The summed E-state index contributed by atoms with van der Waals surface area (Å²) in [6.07, 6.45) is 4.10. The highest BCUT2D eigenvalue weighted by molar-refractivity contribution is 6.30. The number of rotatable bonds is 3. The summed E-state index contributed by atoms with van der Waals surface area (Å²) in [5, 5.41) is 14.4. The summed E-state index contributed by atoms with van der Waals surface area (Å²) in [7, 11) is 0. The quantitative estimate of drug-likeness (QED) is 0.907. The molecule has 0 unspecified atom stereocenters. The first-order chi connectivity index (χ1) is 8.29. The van der Waals surface area contributed by atoms with Gasteiger partial charge < -0.3 is 5.11 Å². The average Bonchev–Trinajstić information content (AvgIpc) is 3.08. The SMILES string of the molecule is OCc1cnn(-c2cccc(Cl)c2)c1C1CC1. The van der Waals surface area contributed by atoms with Crippen molar-refractivity contribution in [3.05, 3.63) is 46.7 Å². The molecule has 1 aromatic heterocycles. The minimum absolute atomic E-state index is 0.0480. The number of aliphatic hydroxyl groups excluding tert-OH is 1. The third-order valence-electron chi connectivity index (χ3n) is 3.07. The molecule has 1 aromatic carbocycles. The summed E-state index contributed by atoms with van der Waals surface area (Å²) in [5.74, 6) is 0.540. The highest BCUT2D eigenvalue weighted by Gasteiger charge is 2.30. The van der Waals surface area contributed by atoms with Crippen molar-refractivity contribution >= 4 is 11.6 Å². The van der Waals surface area contributed by atoms with E-state index in [2.05, 4.69) is 5.10 Å². The van der Waals surface area contributed by atoms with Gasteiger partial charge in [-0.1, -0.05) is 17.7 Å². The molecule has 4 heteroatoms. The lowest BCUT2D eigenvalue weighted by molar-refractivity contribution is 0.280. The van der Waals surface area contributed by atoms with Gasteiger partial charge in [0.2, 0.25) is 0 Å². The largest absolute Gasteiger partial charge is 0.392 e. The van der Waals surface area contributed by atoms with E-state index in [0.717, 1.165) is 16.9 Å². The summed E-state index contributed by atoms with van der Waals surface area (Å²) in [6, 6.07) is 7.63. The van der Waals surface area contributed by atoms with Crippen LogP contribution < -0.4 is 0 Å². The Hall–Kier alpha value is -1.32. The lowest BCUT2D eigenvalue weighted by Gasteiger charge is -2.08. The van der Waals surface area contributed by atoms with Crippen LogP contribution in [0, 0.1) is 0 Å². The second-order valence-corrected chi connectivity index (χ2v) is 4.82. The van der Waals surface area contributed by atoms with E-state index in [1.165, 1.54) is 12.8 Å². The van der Waals surface area contributed by atoms with E-state index in [0.29, 0.717) is 10.9 Å². The van der Waals surface area contributed by atoms with Crippen LogP contribution in [-0.4, -0.2) is 14.9 Å². The molecule has 2 aromatic rings. The van der Waals surface area contributed by atoms with Crippen molar-refractivity contribution in [2.24, 2.45) is 0 Å². The predicted octanol–water partition coefficient (Wildman–Crippen LogP) is 2.90. The van der Waals surface area contributed by atoms with E-state index in [1.807, 2.05) is 28.9 Å². The number of benzene rings is 1. The van der Waals surface area contributed by atoms with Crippen molar-refractivity contribution in [2.45, 2.75) is 25.4 Å². The second kappa shape index (κ2) is 4.17. The maximum Gasteiger partial charge on any atom is 0.0715 e. The van der Waals surface area contributed by atoms with E-state index in [4.69, 9.17) is 11.6 Å². The van der Waals surface area contributed by atoms with Crippen LogP contribution in [-0.2, 0) is 6.61 Å². The molecule has 1 heterocycles. The molecule has 88 valence electrons. The van der Waals surface area contributed by atoms with Crippen LogP contribution >= 0.6 is 11.6 Å². The van der Waals surface area contributed by atoms with Crippen molar-refractivity contribution < 1.29 is 5.11 Å². The van der Waals surface area contributed by atoms with Gasteiger partial charge in [0.05, 0.1) is 24.2 Å². The standard InChI is InChI=1S/C13H13ClN2O/c14-11-2-1-3-12(6-11)16-13(9-4-5-9)10(8-17)7-15-16/h1-3,6-7,9,17H,4-5,8H2. The maximum atomic E-state index is 9.33. The van der Waals surface area contributed by atoms with Crippen LogP contribution in [0.2, 0.25) is 5.02 Å². The van der Waals surface area contributed by atoms with Gasteiger partial charge in [0.1, 0.15) is 0 Å². The average molecular weight is 249 g/mol. The van der Waals surface area contributed by atoms with E-state index in [-0.39, 0.29) is 6.61 Å². The predicted molar refractivity (Wildman–Crippen MR) is 66.5 cm³/mol. The van der Waals surface area contributed by atoms with Crippen LogP contribution in [0.3, 0.4) is 0 Å². The van der Waals surface area contributed by atoms with Crippen LogP contribution in [0.4, 0.5) is 0 Å². The smallest absolute Gasteiger partial charge is 0.0715 e. The zero-order valence-electron chi connectivity index (χ0n) is 9.31. The molecule has 0 amide bonds. The fourth-order valence-electron chi connectivity index (χ4n) is 2.12. The molecule has 0 radical (unpaired) electrons. The van der Waals surface area contributed by atoms with Gasteiger partial charge >= 0.3 is 0 Å². The molecule has 1 aliphatic rings. The van der Waals surface area contributed by atoms with Crippen molar-refractivity contribution in [3.63, 3.8) is 0 Å². The Morgan fingerprint density at radius 2 is 2.24 bits per heavy atom. The zero-order valence-corrected chi connectivity index (χ0v) is 10.1. The summed E-state index contributed by atoms with van der Waals surface area (Å²) in [6.45, 7) is 0.0480. The molecule has 1 saturated carbocycles. The second-order valence-electron chi connectivity index (χ2n) is 4.38. The molecule has 0 bridgehead atoms. The molecule has 1 fully saturated rings. The van der Waals surface area contributed by atoms with Gasteiger partial charge in [0.25, 0.3) is 0 Å². The summed E-state index contributed by atoms with van der Waals surface area (Å²) in [5.41, 5.74) is 3.02. The number of aromatic nitrogens is 2. The van der Waals surface area contributed by atoms with Crippen molar-refractivity contribution in [1.29, 1.82) is 0 Å². The molecular formula is C13H13ClN2O. The number of nitrogens with zero attached hydrogens (tertiary/aromatic N) is 2. The van der Waals surface area contributed by atoms with Gasteiger partial charge in [-0.3, -0.25) is 0 Å². The molecular weight excluding hydrogens is 236 g/mol. The van der Waals surface area contributed by atoms with Crippen LogP contribution in [0.15, 0.2) is 30.5 Å².